The topological polar surface area (TPSA) is 84.7 Å². The second-order valence-corrected chi connectivity index (χ2v) is 6.97. The zero-order valence-corrected chi connectivity index (χ0v) is 16.5. The number of benzene rings is 1. The highest BCUT2D eigenvalue weighted by Gasteiger charge is 2.14. The number of carbonyl (C=O) groups excluding carboxylic acids is 1. The van der Waals surface area contributed by atoms with Gasteiger partial charge in [0.15, 0.2) is 0 Å². The predicted octanol–water partition coefficient (Wildman–Crippen LogP) is 4.32. The molecule has 0 spiro atoms. The fourth-order valence-electron chi connectivity index (χ4n) is 3.34. The Morgan fingerprint density at radius 3 is 2.66 bits per heavy atom. The van der Waals surface area contributed by atoms with E-state index in [2.05, 4.69) is 25.7 Å². The number of nitrogens with zero attached hydrogens (tertiary/aromatic N) is 4. The molecule has 0 aliphatic rings. The van der Waals surface area contributed by atoms with Crippen molar-refractivity contribution >= 4 is 22.8 Å². The molecule has 0 saturated heterocycles. The number of aromatic nitrogens is 4. The Bertz CT molecular complexity index is 1170. The summed E-state index contributed by atoms with van der Waals surface area (Å²) in [7, 11) is 0. The summed E-state index contributed by atoms with van der Waals surface area (Å²) in [6.45, 7) is 5.79. The Labute approximate surface area is 168 Å². The molecule has 1 aromatic carbocycles. The number of nitrogens with one attached hydrogen (secondary N) is 2. The summed E-state index contributed by atoms with van der Waals surface area (Å²) in [4.78, 5) is 21.2. The Balaban J connectivity index is 1.56. The molecule has 4 aromatic rings. The lowest BCUT2D eigenvalue weighted by atomic mass is 10.1. The van der Waals surface area contributed by atoms with Crippen LogP contribution < -0.4 is 10.6 Å². The Kier molecular flexibility index (Phi) is 4.95. The number of aryl methyl sites for hydroxylation is 2. The van der Waals surface area contributed by atoms with Crippen LogP contribution >= 0.6 is 0 Å². The van der Waals surface area contributed by atoms with Gasteiger partial charge in [-0.15, -0.1) is 0 Å². The molecule has 2 N–H and O–H groups in total. The summed E-state index contributed by atoms with van der Waals surface area (Å²) in [5, 5.41) is 11.2. The van der Waals surface area contributed by atoms with E-state index >= 15 is 0 Å². The third-order valence-electron chi connectivity index (χ3n) is 4.73. The van der Waals surface area contributed by atoms with Gasteiger partial charge in [0.25, 0.3) is 0 Å². The van der Waals surface area contributed by atoms with Crippen LogP contribution in [0.4, 0.5) is 10.6 Å². The minimum Gasteiger partial charge on any atom is -0.331 e. The highest BCUT2D eigenvalue weighted by atomic mass is 16.2. The first-order valence-corrected chi connectivity index (χ1v) is 9.42. The minimum absolute atomic E-state index is 0.112. The highest BCUT2D eigenvalue weighted by molar-refractivity contribution is 5.92. The molecule has 3 heterocycles. The van der Waals surface area contributed by atoms with Crippen molar-refractivity contribution < 1.29 is 4.79 Å². The largest absolute Gasteiger partial charge is 0.331 e. The SMILES string of the molecule is Cc1cc(-n2ncc3cc(NC(=O)NC(C)c4ccccc4)nc(C)c32)ccn1. The number of anilines is 1. The van der Waals surface area contributed by atoms with E-state index < -0.39 is 0 Å². The predicted molar refractivity (Wildman–Crippen MR) is 113 cm³/mol. The molecular weight excluding hydrogens is 364 g/mol. The van der Waals surface area contributed by atoms with Crippen LogP contribution in [0.5, 0.6) is 0 Å². The van der Waals surface area contributed by atoms with Crippen molar-refractivity contribution in [3.05, 3.63) is 77.9 Å². The first-order valence-electron chi connectivity index (χ1n) is 9.42. The van der Waals surface area contributed by atoms with E-state index in [1.807, 2.05) is 74.0 Å². The fourth-order valence-corrected chi connectivity index (χ4v) is 3.34. The molecule has 0 bridgehead atoms. The third kappa shape index (κ3) is 3.94. The molecule has 0 aliphatic heterocycles. The lowest BCUT2D eigenvalue weighted by molar-refractivity contribution is 0.249. The normalized spacial score (nSPS) is 12.0. The average Bonchev–Trinajstić information content (AvgIpc) is 3.13. The summed E-state index contributed by atoms with van der Waals surface area (Å²) >= 11 is 0. The molecule has 1 atom stereocenters. The highest BCUT2D eigenvalue weighted by Crippen LogP contribution is 2.23. The Morgan fingerprint density at radius 1 is 1.10 bits per heavy atom. The number of fused-ring (bicyclic) bond motifs is 1. The molecule has 146 valence electrons. The van der Waals surface area contributed by atoms with Gasteiger partial charge in [0.05, 0.1) is 29.1 Å². The van der Waals surface area contributed by atoms with Gasteiger partial charge in [-0.3, -0.25) is 10.3 Å². The molecule has 0 radical (unpaired) electrons. The van der Waals surface area contributed by atoms with Crippen molar-refractivity contribution in [1.82, 2.24) is 25.1 Å². The standard InChI is InChI=1S/C22H22N6O/c1-14-11-19(9-10-23-14)28-21-16(3)25-20(12-18(21)13-24-28)27-22(29)26-15(2)17-7-5-4-6-8-17/h4-13,15H,1-3H3,(H2,25,26,27,29). The summed E-state index contributed by atoms with van der Waals surface area (Å²) in [5.74, 6) is 0.484. The molecule has 0 saturated carbocycles. The number of amides is 2. The van der Waals surface area contributed by atoms with Crippen molar-refractivity contribution in [3.8, 4) is 5.69 Å². The van der Waals surface area contributed by atoms with Crippen molar-refractivity contribution in [1.29, 1.82) is 0 Å². The van der Waals surface area contributed by atoms with Crippen LogP contribution in [0.1, 0.15) is 29.9 Å². The fraction of sp³-hybridized carbons (Fsp3) is 0.182. The van der Waals surface area contributed by atoms with Crippen LogP contribution in [0.15, 0.2) is 60.9 Å². The van der Waals surface area contributed by atoms with E-state index in [1.54, 1.807) is 12.4 Å². The molecule has 29 heavy (non-hydrogen) atoms. The monoisotopic (exact) mass is 386 g/mol. The first kappa shape index (κ1) is 18.6. The van der Waals surface area contributed by atoms with Crippen LogP contribution in [0.3, 0.4) is 0 Å². The molecule has 2 amide bonds. The van der Waals surface area contributed by atoms with Crippen molar-refractivity contribution in [3.63, 3.8) is 0 Å². The maximum atomic E-state index is 12.4. The zero-order valence-electron chi connectivity index (χ0n) is 16.5. The third-order valence-corrected chi connectivity index (χ3v) is 4.73. The van der Waals surface area contributed by atoms with Crippen molar-refractivity contribution in [2.24, 2.45) is 0 Å². The van der Waals surface area contributed by atoms with E-state index in [0.29, 0.717) is 5.82 Å². The van der Waals surface area contributed by atoms with Crippen molar-refractivity contribution in [2.45, 2.75) is 26.8 Å². The first-order chi connectivity index (χ1) is 14.0. The molecule has 4 rings (SSSR count). The van der Waals surface area contributed by atoms with Gasteiger partial charge in [-0.1, -0.05) is 30.3 Å². The summed E-state index contributed by atoms with van der Waals surface area (Å²) in [6.07, 6.45) is 3.53. The lowest BCUT2D eigenvalue weighted by Gasteiger charge is -2.15. The van der Waals surface area contributed by atoms with Gasteiger partial charge in [-0.05, 0) is 44.5 Å². The van der Waals surface area contributed by atoms with Crippen LogP contribution in [0, 0.1) is 13.8 Å². The van der Waals surface area contributed by atoms with Crippen molar-refractivity contribution in [2.75, 3.05) is 5.32 Å². The molecule has 7 nitrogen and oxygen atoms in total. The van der Waals surface area contributed by atoms with E-state index in [1.165, 1.54) is 0 Å². The van der Waals surface area contributed by atoms with Gasteiger partial charge in [-0.25, -0.2) is 14.5 Å². The number of rotatable bonds is 4. The molecule has 0 aliphatic carbocycles. The summed E-state index contributed by atoms with van der Waals surface area (Å²) < 4.78 is 1.84. The molecule has 7 heteroatoms. The quantitative estimate of drug-likeness (QED) is 0.547. The summed E-state index contributed by atoms with van der Waals surface area (Å²) in [5.41, 5.74) is 4.56. The van der Waals surface area contributed by atoms with E-state index in [4.69, 9.17) is 0 Å². The molecular formula is C22H22N6O. The van der Waals surface area contributed by atoms with E-state index in [9.17, 15) is 4.79 Å². The molecule has 1 unspecified atom stereocenters. The van der Waals surface area contributed by atoms with Gasteiger partial charge in [0.1, 0.15) is 5.82 Å². The van der Waals surface area contributed by atoms with Crippen LogP contribution in [-0.4, -0.2) is 25.8 Å². The average molecular weight is 386 g/mol. The van der Waals surface area contributed by atoms with Gasteiger partial charge in [0.2, 0.25) is 0 Å². The minimum atomic E-state index is -0.301. The number of urea groups is 1. The van der Waals surface area contributed by atoms with Gasteiger partial charge >= 0.3 is 6.03 Å². The molecule has 0 fully saturated rings. The maximum Gasteiger partial charge on any atom is 0.320 e. The van der Waals surface area contributed by atoms with E-state index in [-0.39, 0.29) is 12.1 Å². The van der Waals surface area contributed by atoms with Crippen LogP contribution in [0.2, 0.25) is 0 Å². The van der Waals surface area contributed by atoms with E-state index in [0.717, 1.165) is 33.5 Å². The Hall–Kier alpha value is -3.74. The number of carbonyl (C=O) groups is 1. The maximum absolute atomic E-state index is 12.4. The lowest BCUT2D eigenvalue weighted by Crippen LogP contribution is -2.31. The van der Waals surface area contributed by atoms with Gasteiger partial charge < -0.3 is 5.32 Å². The smallest absolute Gasteiger partial charge is 0.320 e. The Morgan fingerprint density at radius 2 is 1.90 bits per heavy atom. The van der Waals surface area contributed by atoms with Gasteiger partial charge in [0, 0.05) is 17.3 Å². The number of hydrogen-bond acceptors (Lipinski definition) is 4. The summed E-state index contributed by atoms with van der Waals surface area (Å²) in [6, 6.07) is 15.1. The second kappa shape index (κ2) is 7.71. The van der Waals surface area contributed by atoms with Gasteiger partial charge in [-0.2, -0.15) is 5.10 Å². The molecule has 3 aromatic heterocycles. The van der Waals surface area contributed by atoms with Crippen LogP contribution in [0.25, 0.3) is 16.6 Å². The zero-order chi connectivity index (χ0) is 20.4. The number of pyridine rings is 2. The second-order valence-electron chi connectivity index (χ2n) is 6.97. The number of hydrogen-bond donors (Lipinski definition) is 2. The van der Waals surface area contributed by atoms with Crippen LogP contribution in [-0.2, 0) is 0 Å².